The lowest BCUT2D eigenvalue weighted by molar-refractivity contribution is -0.192. The molecule has 5 nitrogen and oxygen atoms in total. The van der Waals surface area contributed by atoms with Crippen LogP contribution in [-0.4, -0.2) is 46.3 Å². The molecule has 1 saturated heterocycles. The number of carboxylic acid groups (broad SMARTS) is 2. The van der Waals surface area contributed by atoms with Gasteiger partial charge in [-0.2, -0.15) is 13.2 Å². The summed E-state index contributed by atoms with van der Waals surface area (Å²) in [6.07, 6.45) is -3.32. The lowest BCUT2D eigenvalue weighted by Gasteiger charge is -2.41. The molecule has 0 amide bonds. The molecule has 2 N–H and O–H groups in total. The van der Waals surface area contributed by atoms with Gasteiger partial charge in [0, 0.05) is 6.54 Å². The minimum Gasteiger partial charge on any atom is -0.478 e. The van der Waals surface area contributed by atoms with Crippen LogP contribution >= 0.6 is 10.2 Å². The van der Waals surface area contributed by atoms with E-state index in [1.807, 2.05) is 0 Å². The maximum absolute atomic E-state index is 12.9. The summed E-state index contributed by atoms with van der Waals surface area (Å²) in [5, 5.41) is 15.9. The number of likely N-dealkylation sites (tertiary alicyclic amines) is 1. The first kappa shape index (κ1) is 23.9. The van der Waals surface area contributed by atoms with Gasteiger partial charge in [0.25, 0.3) is 0 Å². The van der Waals surface area contributed by atoms with Crippen molar-refractivity contribution >= 4 is 22.2 Å². The van der Waals surface area contributed by atoms with Crippen LogP contribution in [-0.2, 0) is 11.3 Å². The predicted molar refractivity (Wildman–Crippen MR) is 83.0 cm³/mol. The van der Waals surface area contributed by atoms with Crippen molar-refractivity contribution in [1.82, 2.24) is 4.90 Å². The molecule has 1 aliphatic heterocycles. The molecule has 0 aliphatic carbocycles. The van der Waals surface area contributed by atoms with Gasteiger partial charge < -0.3 is 10.2 Å². The third-order valence-electron chi connectivity index (χ3n) is 3.51. The first-order valence-corrected chi connectivity index (χ1v) is 9.38. The second-order valence-electron chi connectivity index (χ2n) is 5.93. The summed E-state index contributed by atoms with van der Waals surface area (Å²) in [4.78, 5) is 19.4. The van der Waals surface area contributed by atoms with Crippen molar-refractivity contribution in [1.29, 1.82) is 0 Å². The summed E-state index contributed by atoms with van der Waals surface area (Å²) in [5.41, 5.74) is -0.852. The number of aliphatic carboxylic acids is 1. The normalized spacial score (nSPS) is 17.9. The lowest BCUT2D eigenvalue weighted by Crippen LogP contribution is -2.21. The summed E-state index contributed by atoms with van der Waals surface area (Å²) in [6.45, 7) is 1.34. The highest BCUT2D eigenvalue weighted by atomic mass is 32.5. The second kappa shape index (κ2) is 7.06. The van der Waals surface area contributed by atoms with Crippen molar-refractivity contribution in [2.45, 2.75) is 30.5 Å². The van der Waals surface area contributed by atoms with Crippen LogP contribution in [0.5, 0.6) is 0 Å². The Hall–Kier alpha value is -2.09. The molecule has 1 aromatic rings. The number of alkyl halides is 3. The van der Waals surface area contributed by atoms with Crippen LogP contribution in [0.2, 0.25) is 0 Å². The van der Waals surface area contributed by atoms with E-state index >= 15 is 0 Å². The van der Waals surface area contributed by atoms with Gasteiger partial charge in [-0.05, 0) is 49.7 Å². The molecule has 1 aliphatic rings. The van der Waals surface area contributed by atoms with Crippen molar-refractivity contribution in [3.63, 3.8) is 0 Å². The van der Waals surface area contributed by atoms with E-state index in [2.05, 4.69) is 0 Å². The minimum atomic E-state index is -9.89. The average Bonchev–Trinajstić information content (AvgIpc) is 2.97. The molecule has 0 spiro atoms. The zero-order valence-corrected chi connectivity index (χ0v) is 14.7. The number of rotatable bonds is 4. The zero-order chi connectivity index (χ0) is 22.0. The van der Waals surface area contributed by atoms with Gasteiger partial charge in [-0.1, -0.05) is 19.4 Å². The number of hydrogen-bond acceptors (Lipinski definition) is 3. The zero-order valence-electron chi connectivity index (χ0n) is 13.9. The van der Waals surface area contributed by atoms with Crippen LogP contribution < -0.4 is 0 Å². The van der Waals surface area contributed by atoms with Crippen LogP contribution in [0, 0.1) is 0 Å². The molecule has 1 heterocycles. The van der Waals surface area contributed by atoms with Crippen molar-refractivity contribution < 1.29 is 52.4 Å². The van der Waals surface area contributed by atoms with Gasteiger partial charge in [0.15, 0.2) is 0 Å². The van der Waals surface area contributed by atoms with E-state index in [4.69, 9.17) is 15.0 Å². The molecule has 0 unspecified atom stereocenters. The smallest absolute Gasteiger partial charge is 0.478 e. The van der Waals surface area contributed by atoms with Gasteiger partial charge in [0.05, 0.1) is 5.56 Å². The monoisotopic (exact) mass is 445 g/mol. The largest absolute Gasteiger partial charge is 0.490 e. The molecular weight excluding hydrogens is 430 g/mol. The quantitative estimate of drug-likeness (QED) is 0.618. The van der Waals surface area contributed by atoms with E-state index in [9.17, 15) is 37.4 Å². The summed E-state index contributed by atoms with van der Waals surface area (Å²) in [5.74, 6) is -4.42. The number of aromatic carboxylic acids is 1. The van der Waals surface area contributed by atoms with Crippen LogP contribution in [0.3, 0.4) is 0 Å². The third-order valence-corrected chi connectivity index (χ3v) is 4.63. The molecule has 14 heteroatoms. The number of halogens is 8. The average molecular weight is 445 g/mol. The minimum absolute atomic E-state index is 0.00261. The van der Waals surface area contributed by atoms with Gasteiger partial charge in [-0.3, -0.25) is 4.90 Å². The fourth-order valence-corrected chi connectivity index (χ4v) is 3.02. The molecule has 0 bridgehead atoms. The molecule has 0 aromatic heterocycles. The SMILES string of the molecule is O=C(O)C(F)(F)F.O=C(O)c1cc(CN2CCCC2)cc(S(F)(F)(F)(F)F)c1. The number of nitrogens with zero attached hydrogens (tertiary/aromatic N) is 1. The van der Waals surface area contributed by atoms with E-state index in [0.717, 1.165) is 18.9 Å². The van der Waals surface area contributed by atoms with E-state index in [-0.39, 0.29) is 18.2 Å². The first-order valence-electron chi connectivity index (χ1n) is 7.43. The van der Waals surface area contributed by atoms with E-state index in [1.165, 1.54) is 0 Å². The Bertz CT molecular complexity index is 757. The topological polar surface area (TPSA) is 77.8 Å². The second-order valence-corrected chi connectivity index (χ2v) is 8.34. The maximum Gasteiger partial charge on any atom is 0.490 e. The summed E-state index contributed by atoms with van der Waals surface area (Å²) >= 11 is 0. The van der Waals surface area contributed by atoms with Gasteiger partial charge >= 0.3 is 28.3 Å². The molecule has 0 atom stereocenters. The number of hydrogen-bond donors (Lipinski definition) is 2. The Balaban J connectivity index is 0.000000480. The van der Waals surface area contributed by atoms with Crippen molar-refractivity contribution in [2.75, 3.05) is 13.1 Å². The summed E-state index contributed by atoms with van der Waals surface area (Å²) in [7, 11) is -9.89. The Morgan fingerprint density at radius 3 is 1.79 bits per heavy atom. The fraction of sp³-hybridized carbons (Fsp3) is 0.429. The Labute approximate surface area is 153 Å². The van der Waals surface area contributed by atoms with Crippen LogP contribution in [0.25, 0.3) is 0 Å². The van der Waals surface area contributed by atoms with Gasteiger partial charge in [-0.25, -0.2) is 9.59 Å². The molecule has 28 heavy (non-hydrogen) atoms. The highest BCUT2D eigenvalue weighted by Gasteiger charge is 2.65. The lowest BCUT2D eigenvalue weighted by atomic mass is 10.1. The van der Waals surface area contributed by atoms with E-state index in [0.29, 0.717) is 19.2 Å². The summed E-state index contributed by atoms with van der Waals surface area (Å²) < 4.78 is 96.1. The van der Waals surface area contributed by atoms with Crippen molar-refractivity contribution in [2.24, 2.45) is 0 Å². The molecule has 0 radical (unpaired) electrons. The highest BCUT2D eigenvalue weighted by molar-refractivity contribution is 8.45. The number of carboxylic acids is 2. The van der Waals surface area contributed by atoms with Crippen molar-refractivity contribution in [3.8, 4) is 0 Å². The Morgan fingerprint density at radius 1 is 0.964 bits per heavy atom. The number of benzene rings is 1. The number of carbonyl (C=O) groups is 2. The first-order chi connectivity index (χ1) is 12.3. The van der Waals surface area contributed by atoms with Crippen molar-refractivity contribution in [3.05, 3.63) is 29.3 Å². The molecule has 2 rings (SSSR count). The molecule has 0 saturated carbocycles. The standard InChI is InChI=1S/C12H14F5NO2S.C2HF3O2/c13-21(14,15,16,17)11-6-9(5-10(7-11)12(19)20)8-18-3-1-2-4-18;3-2(4,5)1(6)7/h5-7H,1-4,8H2,(H,19,20);(H,6,7). The molecule has 162 valence electrons. The molecule has 1 fully saturated rings. The van der Waals surface area contributed by atoms with Crippen LogP contribution in [0.15, 0.2) is 23.1 Å². The highest BCUT2D eigenvalue weighted by Crippen LogP contribution is 3.02. The van der Waals surface area contributed by atoms with E-state index < -0.39 is 38.8 Å². The molecular formula is C14H15F8NO4S. The van der Waals surface area contributed by atoms with Crippen LogP contribution in [0.1, 0.15) is 28.8 Å². The van der Waals surface area contributed by atoms with Crippen LogP contribution in [0.4, 0.5) is 32.6 Å². The van der Waals surface area contributed by atoms with Gasteiger partial charge in [0.2, 0.25) is 0 Å². The Kier molecular flexibility index (Phi) is 6.04. The maximum atomic E-state index is 12.9. The summed E-state index contributed by atoms with van der Waals surface area (Å²) in [6, 6.07) is 1.36. The van der Waals surface area contributed by atoms with Gasteiger partial charge in [0.1, 0.15) is 4.90 Å². The third kappa shape index (κ3) is 7.50. The fourth-order valence-electron chi connectivity index (χ4n) is 2.30. The van der Waals surface area contributed by atoms with Gasteiger partial charge in [-0.15, -0.1) is 0 Å². The van der Waals surface area contributed by atoms with E-state index in [1.54, 1.807) is 4.90 Å². The molecule has 1 aromatic carbocycles. The Morgan fingerprint density at radius 2 is 1.43 bits per heavy atom. The predicted octanol–water partition coefficient (Wildman–Crippen LogP) is 5.27.